The highest BCUT2D eigenvalue weighted by molar-refractivity contribution is 8.00. The van der Waals surface area contributed by atoms with Crippen LogP contribution < -0.4 is 0 Å². The predicted molar refractivity (Wildman–Crippen MR) is 66.6 cm³/mol. The Morgan fingerprint density at radius 1 is 1.27 bits per heavy atom. The van der Waals surface area contributed by atoms with Crippen molar-refractivity contribution < 1.29 is 0 Å². The summed E-state index contributed by atoms with van der Waals surface area (Å²) in [5.74, 6) is 1.78. The first kappa shape index (κ1) is 9.77. The van der Waals surface area contributed by atoms with Crippen molar-refractivity contribution >= 4 is 11.8 Å². The number of aryl methyl sites for hydroxylation is 1. The number of hydrogen-bond acceptors (Lipinski definition) is 1. The molecule has 2 aliphatic rings. The molecule has 1 heterocycles. The van der Waals surface area contributed by atoms with E-state index in [2.05, 4.69) is 43.8 Å². The van der Waals surface area contributed by atoms with Crippen molar-refractivity contribution in [3.8, 4) is 0 Å². The van der Waals surface area contributed by atoms with Crippen LogP contribution in [0.5, 0.6) is 0 Å². The molecule has 0 aromatic heterocycles. The summed E-state index contributed by atoms with van der Waals surface area (Å²) >= 11 is 2.15. The fourth-order valence-electron chi connectivity index (χ4n) is 3.10. The van der Waals surface area contributed by atoms with E-state index in [1.165, 1.54) is 24.8 Å². The van der Waals surface area contributed by atoms with Crippen LogP contribution in [0.1, 0.15) is 43.2 Å². The molecule has 0 nitrogen and oxygen atoms in total. The van der Waals surface area contributed by atoms with Gasteiger partial charge < -0.3 is 0 Å². The van der Waals surface area contributed by atoms with Crippen molar-refractivity contribution in [2.75, 3.05) is 0 Å². The molecule has 1 heteroatoms. The van der Waals surface area contributed by atoms with E-state index in [9.17, 15) is 0 Å². The van der Waals surface area contributed by atoms with Crippen molar-refractivity contribution in [2.24, 2.45) is 5.92 Å². The Kier molecular flexibility index (Phi) is 2.31. The monoisotopic (exact) mass is 218 g/mol. The van der Waals surface area contributed by atoms with Crippen LogP contribution in [-0.4, -0.2) is 5.25 Å². The van der Waals surface area contributed by atoms with E-state index in [4.69, 9.17) is 0 Å². The lowest BCUT2D eigenvalue weighted by Gasteiger charge is -2.29. The van der Waals surface area contributed by atoms with Crippen LogP contribution in [0.25, 0.3) is 0 Å². The first-order valence-electron chi connectivity index (χ1n) is 6.02. The third-order valence-corrected chi connectivity index (χ3v) is 5.62. The molecule has 3 rings (SSSR count). The first-order valence-corrected chi connectivity index (χ1v) is 6.90. The second-order valence-electron chi connectivity index (χ2n) is 5.17. The van der Waals surface area contributed by atoms with Crippen LogP contribution in [-0.2, 0) is 0 Å². The van der Waals surface area contributed by atoms with Crippen molar-refractivity contribution in [3.05, 3.63) is 29.3 Å². The largest absolute Gasteiger partial charge is 0.122 e. The molecule has 1 aliphatic heterocycles. The van der Waals surface area contributed by atoms with Gasteiger partial charge in [-0.05, 0) is 49.1 Å². The van der Waals surface area contributed by atoms with Gasteiger partial charge in [-0.3, -0.25) is 0 Å². The second kappa shape index (κ2) is 3.55. The van der Waals surface area contributed by atoms with E-state index in [1.807, 2.05) is 0 Å². The quantitative estimate of drug-likeness (QED) is 0.623. The van der Waals surface area contributed by atoms with E-state index in [1.54, 1.807) is 10.5 Å². The van der Waals surface area contributed by atoms with Crippen molar-refractivity contribution in [1.29, 1.82) is 0 Å². The Bertz CT molecular complexity index is 383. The van der Waals surface area contributed by atoms with Gasteiger partial charge in [0.05, 0.1) is 0 Å². The molecule has 0 N–H and O–H groups in total. The summed E-state index contributed by atoms with van der Waals surface area (Å²) in [5, 5.41) is 0.886. The van der Waals surface area contributed by atoms with Gasteiger partial charge in [0.25, 0.3) is 0 Å². The van der Waals surface area contributed by atoms with Gasteiger partial charge in [0.2, 0.25) is 0 Å². The molecule has 1 aromatic carbocycles. The lowest BCUT2D eigenvalue weighted by molar-refractivity contribution is 0.356. The van der Waals surface area contributed by atoms with Gasteiger partial charge in [-0.25, -0.2) is 0 Å². The third-order valence-electron chi connectivity index (χ3n) is 3.96. The highest BCUT2D eigenvalue weighted by Crippen LogP contribution is 2.53. The maximum Gasteiger partial charge on any atom is 0.0164 e. The Morgan fingerprint density at radius 2 is 2.13 bits per heavy atom. The lowest BCUT2D eigenvalue weighted by atomic mass is 9.78. The van der Waals surface area contributed by atoms with Crippen LogP contribution in [0.2, 0.25) is 0 Å². The first-order chi connectivity index (χ1) is 7.25. The molecule has 0 spiro atoms. The number of benzene rings is 1. The number of fused-ring (bicyclic) bond motifs is 3. The average molecular weight is 218 g/mol. The van der Waals surface area contributed by atoms with Crippen molar-refractivity contribution in [1.82, 2.24) is 0 Å². The summed E-state index contributed by atoms with van der Waals surface area (Å²) in [6.45, 7) is 4.67. The topological polar surface area (TPSA) is 0 Å². The van der Waals surface area contributed by atoms with E-state index >= 15 is 0 Å². The van der Waals surface area contributed by atoms with Gasteiger partial charge in [0.1, 0.15) is 0 Å². The molecule has 0 amide bonds. The molecule has 80 valence electrons. The highest BCUT2D eigenvalue weighted by Gasteiger charge is 2.37. The molecule has 0 radical (unpaired) electrons. The summed E-state index contributed by atoms with van der Waals surface area (Å²) < 4.78 is 0. The fourth-order valence-corrected chi connectivity index (χ4v) is 4.69. The zero-order valence-corrected chi connectivity index (χ0v) is 10.3. The minimum absolute atomic E-state index is 0.855. The molecule has 15 heavy (non-hydrogen) atoms. The fraction of sp³-hybridized carbons (Fsp3) is 0.571. The summed E-state index contributed by atoms with van der Waals surface area (Å²) in [6.07, 6.45) is 4.26. The molecule has 3 atom stereocenters. The molecule has 1 fully saturated rings. The Balaban J connectivity index is 2.01. The standard InChI is InChI=1S/C14H18S/c1-9-6-7-13-12(8-9)11-5-3-4-10(2)14(11)15-13/h3-5,9,12-13H,6-8H2,1-2H3. The minimum Gasteiger partial charge on any atom is -0.122 e. The predicted octanol–water partition coefficient (Wildman–Crippen LogP) is 4.37. The minimum atomic E-state index is 0.855. The molecule has 1 saturated carbocycles. The number of rotatable bonds is 0. The SMILES string of the molecule is Cc1cccc2c1SC1CCC(C)CC21. The second-order valence-corrected chi connectivity index (χ2v) is 6.42. The van der Waals surface area contributed by atoms with Gasteiger partial charge in [0, 0.05) is 10.1 Å². The molecule has 0 saturated heterocycles. The van der Waals surface area contributed by atoms with Gasteiger partial charge in [-0.2, -0.15) is 0 Å². The van der Waals surface area contributed by atoms with Gasteiger partial charge in [0.15, 0.2) is 0 Å². The average Bonchev–Trinajstić information content (AvgIpc) is 2.58. The van der Waals surface area contributed by atoms with E-state index in [0.717, 1.165) is 17.1 Å². The molecular formula is C14H18S. The molecular weight excluding hydrogens is 200 g/mol. The van der Waals surface area contributed by atoms with Crippen molar-refractivity contribution in [3.63, 3.8) is 0 Å². The summed E-state index contributed by atoms with van der Waals surface area (Å²) in [4.78, 5) is 1.60. The summed E-state index contributed by atoms with van der Waals surface area (Å²) in [6, 6.07) is 6.85. The zero-order valence-electron chi connectivity index (χ0n) is 9.49. The molecule has 3 unspecified atom stereocenters. The normalized spacial score (nSPS) is 33.6. The van der Waals surface area contributed by atoms with Crippen LogP contribution in [0, 0.1) is 12.8 Å². The van der Waals surface area contributed by atoms with E-state index in [-0.39, 0.29) is 0 Å². The number of thioether (sulfide) groups is 1. The molecule has 1 aliphatic carbocycles. The van der Waals surface area contributed by atoms with Crippen LogP contribution in [0.4, 0.5) is 0 Å². The molecule has 1 aromatic rings. The maximum absolute atomic E-state index is 2.41. The molecule has 0 bridgehead atoms. The van der Waals surface area contributed by atoms with Crippen LogP contribution in [0.15, 0.2) is 23.1 Å². The van der Waals surface area contributed by atoms with E-state index < -0.39 is 0 Å². The van der Waals surface area contributed by atoms with Crippen LogP contribution in [0.3, 0.4) is 0 Å². The summed E-state index contributed by atoms with van der Waals surface area (Å²) in [5.41, 5.74) is 3.14. The maximum atomic E-state index is 2.41. The van der Waals surface area contributed by atoms with Gasteiger partial charge in [-0.1, -0.05) is 25.1 Å². The Labute approximate surface area is 96.5 Å². The van der Waals surface area contributed by atoms with Crippen LogP contribution >= 0.6 is 11.8 Å². The van der Waals surface area contributed by atoms with Gasteiger partial charge >= 0.3 is 0 Å². The Morgan fingerprint density at radius 3 is 3.00 bits per heavy atom. The third kappa shape index (κ3) is 1.52. The van der Waals surface area contributed by atoms with Crippen molar-refractivity contribution in [2.45, 2.75) is 49.2 Å². The van der Waals surface area contributed by atoms with E-state index in [0.29, 0.717) is 0 Å². The zero-order chi connectivity index (χ0) is 10.4. The highest BCUT2D eigenvalue weighted by atomic mass is 32.2. The smallest absolute Gasteiger partial charge is 0.0164 e. The Hall–Kier alpha value is -0.430. The number of hydrogen-bond donors (Lipinski definition) is 0. The van der Waals surface area contributed by atoms with Gasteiger partial charge in [-0.15, -0.1) is 11.8 Å². The summed E-state index contributed by atoms with van der Waals surface area (Å²) in [7, 11) is 0. The lowest BCUT2D eigenvalue weighted by Crippen LogP contribution is -2.20.